The molecule has 2 rings (SSSR count). The van der Waals surface area contributed by atoms with Crippen molar-refractivity contribution in [3.05, 3.63) is 35.4 Å². The molecule has 1 amide bonds. The molecule has 0 aliphatic carbocycles. The number of rotatable bonds is 4. The Balaban J connectivity index is 2.12. The minimum atomic E-state index is -4.47. The number of carboxylic acids is 1. The molecule has 22 heavy (non-hydrogen) atoms. The van der Waals surface area contributed by atoms with Crippen molar-refractivity contribution in [1.82, 2.24) is 5.32 Å². The van der Waals surface area contributed by atoms with Crippen molar-refractivity contribution in [2.45, 2.75) is 24.6 Å². The lowest BCUT2D eigenvalue weighted by Gasteiger charge is -2.27. The van der Waals surface area contributed by atoms with Gasteiger partial charge in [0, 0.05) is 12.2 Å². The van der Waals surface area contributed by atoms with Gasteiger partial charge in [-0.15, -0.1) is 0 Å². The summed E-state index contributed by atoms with van der Waals surface area (Å²) in [6.45, 7) is 0.381. The van der Waals surface area contributed by atoms with Crippen LogP contribution in [0.4, 0.5) is 13.2 Å². The molecule has 8 heteroatoms. The number of hydrogen-bond acceptors (Lipinski definition) is 3. The van der Waals surface area contributed by atoms with E-state index in [1.807, 2.05) is 0 Å². The summed E-state index contributed by atoms with van der Waals surface area (Å²) in [5.74, 6) is -1.71. The highest BCUT2D eigenvalue weighted by molar-refractivity contribution is 5.95. The van der Waals surface area contributed by atoms with E-state index in [0.717, 1.165) is 24.3 Å². The predicted octanol–water partition coefficient (Wildman–Crippen LogP) is 2.07. The SMILES string of the molecule is O=C(O)CC1(NC(=O)c2ccc(C(F)(F)F)cc2)CCOC1. The monoisotopic (exact) mass is 317 g/mol. The van der Waals surface area contributed by atoms with Crippen molar-refractivity contribution in [1.29, 1.82) is 0 Å². The lowest BCUT2D eigenvalue weighted by molar-refractivity contribution is -0.139. The average Bonchev–Trinajstić information content (AvgIpc) is 2.85. The fraction of sp³-hybridized carbons (Fsp3) is 0.429. The Kier molecular flexibility index (Phi) is 4.41. The summed E-state index contributed by atoms with van der Waals surface area (Å²) in [6, 6.07) is 3.73. The first-order valence-corrected chi connectivity index (χ1v) is 6.51. The first-order chi connectivity index (χ1) is 10.2. The Labute approximate surface area is 124 Å². The molecule has 120 valence electrons. The predicted molar refractivity (Wildman–Crippen MR) is 69.3 cm³/mol. The number of benzene rings is 1. The zero-order chi connectivity index (χ0) is 16.4. The fourth-order valence-electron chi connectivity index (χ4n) is 2.30. The van der Waals surface area contributed by atoms with E-state index in [2.05, 4.69) is 5.32 Å². The van der Waals surface area contributed by atoms with Gasteiger partial charge in [0.25, 0.3) is 5.91 Å². The third kappa shape index (κ3) is 3.76. The van der Waals surface area contributed by atoms with Gasteiger partial charge >= 0.3 is 12.1 Å². The van der Waals surface area contributed by atoms with E-state index >= 15 is 0 Å². The number of carbonyl (C=O) groups is 2. The quantitative estimate of drug-likeness (QED) is 0.891. The maximum atomic E-state index is 12.5. The number of alkyl halides is 3. The van der Waals surface area contributed by atoms with Crippen molar-refractivity contribution in [3.63, 3.8) is 0 Å². The Bertz CT molecular complexity index is 562. The van der Waals surface area contributed by atoms with E-state index in [9.17, 15) is 22.8 Å². The molecule has 1 heterocycles. The molecule has 0 spiro atoms. The van der Waals surface area contributed by atoms with Crippen LogP contribution >= 0.6 is 0 Å². The first kappa shape index (κ1) is 16.3. The molecule has 1 fully saturated rings. The van der Waals surface area contributed by atoms with Gasteiger partial charge < -0.3 is 15.2 Å². The number of aliphatic carboxylic acids is 1. The Morgan fingerprint density at radius 3 is 2.36 bits per heavy atom. The van der Waals surface area contributed by atoms with Crippen molar-refractivity contribution in [3.8, 4) is 0 Å². The summed E-state index contributed by atoms with van der Waals surface area (Å²) in [5.41, 5.74) is -1.84. The second kappa shape index (κ2) is 5.96. The lowest BCUT2D eigenvalue weighted by atomic mass is 9.93. The number of carbonyl (C=O) groups excluding carboxylic acids is 1. The average molecular weight is 317 g/mol. The van der Waals surface area contributed by atoms with E-state index < -0.39 is 29.2 Å². The normalized spacial score (nSPS) is 21.6. The second-order valence-corrected chi connectivity index (χ2v) is 5.18. The summed E-state index contributed by atoms with van der Waals surface area (Å²) in [6.07, 6.45) is -4.44. The number of ether oxygens (including phenoxy) is 1. The van der Waals surface area contributed by atoms with E-state index in [1.54, 1.807) is 0 Å². The number of amides is 1. The third-order valence-electron chi connectivity index (χ3n) is 3.45. The Morgan fingerprint density at radius 2 is 1.91 bits per heavy atom. The highest BCUT2D eigenvalue weighted by Crippen LogP contribution is 2.29. The van der Waals surface area contributed by atoms with Crippen LogP contribution in [0.1, 0.15) is 28.8 Å². The van der Waals surface area contributed by atoms with Crippen LogP contribution in [0.3, 0.4) is 0 Å². The van der Waals surface area contributed by atoms with Crippen LogP contribution in [0.2, 0.25) is 0 Å². The third-order valence-corrected chi connectivity index (χ3v) is 3.45. The molecular formula is C14H14F3NO4. The molecule has 1 aliphatic rings. The summed E-state index contributed by atoms with van der Waals surface area (Å²) in [4.78, 5) is 23.0. The van der Waals surface area contributed by atoms with Gasteiger partial charge in [0.2, 0.25) is 0 Å². The topological polar surface area (TPSA) is 75.6 Å². The van der Waals surface area contributed by atoms with Gasteiger partial charge in [-0.2, -0.15) is 13.2 Å². The molecule has 5 nitrogen and oxygen atoms in total. The van der Waals surface area contributed by atoms with Crippen LogP contribution < -0.4 is 5.32 Å². The molecule has 0 saturated carbocycles. The van der Waals surface area contributed by atoms with Gasteiger partial charge in [-0.3, -0.25) is 9.59 Å². The lowest BCUT2D eigenvalue weighted by Crippen LogP contribution is -2.50. The Morgan fingerprint density at radius 1 is 1.27 bits per heavy atom. The number of carboxylic acid groups (broad SMARTS) is 1. The molecule has 2 N–H and O–H groups in total. The minimum absolute atomic E-state index is 0.0321. The van der Waals surface area contributed by atoms with Crippen LogP contribution in [0.25, 0.3) is 0 Å². The Hall–Kier alpha value is -2.09. The maximum absolute atomic E-state index is 12.5. The van der Waals surface area contributed by atoms with Gasteiger partial charge in [0.15, 0.2) is 0 Å². The highest BCUT2D eigenvalue weighted by atomic mass is 19.4. The molecule has 1 atom stereocenters. The van der Waals surface area contributed by atoms with Crippen LogP contribution in [0, 0.1) is 0 Å². The number of halogens is 3. The minimum Gasteiger partial charge on any atom is -0.481 e. The molecule has 1 aliphatic heterocycles. The molecule has 0 aromatic heterocycles. The van der Waals surface area contributed by atoms with E-state index in [1.165, 1.54) is 0 Å². The zero-order valence-electron chi connectivity index (χ0n) is 11.4. The van der Waals surface area contributed by atoms with Gasteiger partial charge in [0.05, 0.1) is 24.1 Å². The molecule has 0 bridgehead atoms. The van der Waals surface area contributed by atoms with Crippen molar-refractivity contribution in [2.24, 2.45) is 0 Å². The van der Waals surface area contributed by atoms with Crippen LogP contribution in [0.15, 0.2) is 24.3 Å². The molecule has 1 saturated heterocycles. The summed E-state index contributed by atoms with van der Waals surface area (Å²) in [5, 5.41) is 11.5. The maximum Gasteiger partial charge on any atom is 0.416 e. The van der Waals surface area contributed by atoms with Crippen molar-refractivity contribution in [2.75, 3.05) is 13.2 Å². The van der Waals surface area contributed by atoms with Crippen LogP contribution in [-0.2, 0) is 15.7 Å². The summed E-state index contributed by atoms with van der Waals surface area (Å²) in [7, 11) is 0. The number of nitrogens with one attached hydrogen (secondary N) is 1. The van der Waals surface area contributed by atoms with Crippen LogP contribution in [-0.4, -0.2) is 35.7 Å². The smallest absolute Gasteiger partial charge is 0.416 e. The van der Waals surface area contributed by atoms with Crippen molar-refractivity contribution < 1.29 is 32.6 Å². The number of hydrogen-bond donors (Lipinski definition) is 2. The van der Waals surface area contributed by atoms with Crippen molar-refractivity contribution >= 4 is 11.9 Å². The van der Waals surface area contributed by atoms with Gasteiger partial charge in [0.1, 0.15) is 0 Å². The highest BCUT2D eigenvalue weighted by Gasteiger charge is 2.39. The van der Waals surface area contributed by atoms with Gasteiger partial charge in [-0.1, -0.05) is 0 Å². The largest absolute Gasteiger partial charge is 0.481 e. The fourth-order valence-corrected chi connectivity index (χ4v) is 2.30. The summed E-state index contributed by atoms with van der Waals surface area (Å²) >= 11 is 0. The molecule has 1 aromatic rings. The van der Waals surface area contributed by atoms with Gasteiger partial charge in [-0.05, 0) is 30.7 Å². The van der Waals surface area contributed by atoms with E-state index in [4.69, 9.17) is 9.84 Å². The van der Waals surface area contributed by atoms with E-state index in [-0.39, 0.29) is 18.6 Å². The molecular weight excluding hydrogens is 303 g/mol. The van der Waals surface area contributed by atoms with Gasteiger partial charge in [-0.25, -0.2) is 0 Å². The molecule has 0 radical (unpaired) electrons. The van der Waals surface area contributed by atoms with Crippen LogP contribution in [0.5, 0.6) is 0 Å². The summed E-state index contributed by atoms with van der Waals surface area (Å²) < 4.78 is 42.5. The first-order valence-electron chi connectivity index (χ1n) is 6.51. The molecule has 1 aromatic carbocycles. The van der Waals surface area contributed by atoms with E-state index in [0.29, 0.717) is 13.0 Å². The zero-order valence-corrected chi connectivity index (χ0v) is 11.4. The standard InChI is InChI=1S/C14H14F3NO4/c15-14(16,17)10-3-1-9(2-4-10)12(21)18-13(7-11(19)20)5-6-22-8-13/h1-4H,5-8H2,(H,18,21)(H,19,20). The molecule has 1 unspecified atom stereocenters. The second-order valence-electron chi connectivity index (χ2n) is 5.18.